The van der Waals surface area contributed by atoms with Gasteiger partial charge in [-0.05, 0) is 29.1 Å². The van der Waals surface area contributed by atoms with E-state index in [1.54, 1.807) is 17.9 Å². The third-order valence-electron chi connectivity index (χ3n) is 3.28. The van der Waals surface area contributed by atoms with Crippen molar-refractivity contribution >= 4 is 10.9 Å². The number of ether oxygens (including phenoxy) is 1. The molecule has 0 fully saturated rings. The van der Waals surface area contributed by atoms with Crippen molar-refractivity contribution in [1.82, 2.24) is 9.88 Å². The van der Waals surface area contributed by atoms with Crippen molar-refractivity contribution in [2.24, 2.45) is 0 Å². The van der Waals surface area contributed by atoms with Crippen molar-refractivity contribution in [1.29, 1.82) is 0 Å². The predicted molar refractivity (Wildman–Crippen MR) is 76.2 cm³/mol. The van der Waals surface area contributed by atoms with Crippen molar-refractivity contribution in [3.63, 3.8) is 0 Å². The third kappa shape index (κ3) is 4.75. The summed E-state index contributed by atoms with van der Waals surface area (Å²) in [6, 6.07) is 7.66. The zero-order valence-corrected chi connectivity index (χ0v) is 11.9. The topological polar surface area (TPSA) is 26.2 Å². The number of halogens is 3. The second-order valence-corrected chi connectivity index (χ2v) is 4.94. The number of fused-ring (bicyclic) bond motifs is 1. The average Bonchev–Trinajstić information content (AvgIpc) is 2.83. The molecule has 0 bridgehead atoms. The minimum absolute atomic E-state index is 0.0432. The Bertz CT molecular complexity index is 578. The highest BCUT2D eigenvalue weighted by Gasteiger charge is 2.26. The smallest absolute Gasteiger partial charge is 0.383 e. The maximum absolute atomic E-state index is 12.3. The SMILES string of the molecule is COCCNCc1ccc2c(ccn2CCC(F)(F)F)c1. The molecule has 0 unspecified atom stereocenters. The lowest BCUT2D eigenvalue weighted by atomic mass is 10.1. The van der Waals surface area contributed by atoms with Crippen LogP contribution in [0, 0.1) is 0 Å². The van der Waals surface area contributed by atoms with E-state index in [-0.39, 0.29) is 6.54 Å². The number of nitrogens with one attached hydrogen (secondary N) is 1. The molecule has 0 aliphatic heterocycles. The van der Waals surface area contributed by atoms with Gasteiger partial charge in [0.05, 0.1) is 13.0 Å². The van der Waals surface area contributed by atoms with Crippen LogP contribution in [0.4, 0.5) is 13.2 Å². The first-order valence-corrected chi connectivity index (χ1v) is 6.84. The van der Waals surface area contributed by atoms with Crippen LogP contribution in [-0.2, 0) is 17.8 Å². The Hall–Kier alpha value is -1.53. The maximum atomic E-state index is 12.3. The van der Waals surface area contributed by atoms with Crippen LogP contribution in [0.2, 0.25) is 0 Å². The number of benzene rings is 1. The Morgan fingerprint density at radius 3 is 2.76 bits per heavy atom. The molecular formula is C15H19F3N2O. The molecular weight excluding hydrogens is 281 g/mol. The van der Waals surface area contributed by atoms with Gasteiger partial charge in [0.25, 0.3) is 0 Å². The van der Waals surface area contributed by atoms with Crippen molar-refractivity contribution in [2.45, 2.75) is 25.7 Å². The molecule has 1 N–H and O–H groups in total. The number of aromatic nitrogens is 1. The van der Waals surface area contributed by atoms with E-state index in [1.807, 2.05) is 24.3 Å². The molecule has 0 aliphatic carbocycles. The van der Waals surface area contributed by atoms with Gasteiger partial charge in [-0.2, -0.15) is 13.2 Å². The van der Waals surface area contributed by atoms with E-state index < -0.39 is 12.6 Å². The molecule has 0 spiro atoms. The second-order valence-electron chi connectivity index (χ2n) is 4.94. The Morgan fingerprint density at radius 2 is 2.05 bits per heavy atom. The van der Waals surface area contributed by atoms with Crippen molar-refractivity contribution in [2.75, 3.05) is 20.3 Å². The fourth-order valence-corrected chi connectivity index (χ4v) is 2.21. The number of methoxy groups -OCH3 is 1. The summed E-state index contributed by atoms with van der Waals surface area (Å²) in [5, 5.41) is 4.20. The van der Waals surface area contributed by atoms with Crippen LogP contribution in [0.25, 0.3) is 10.9 Å². The van der Waals surface area contributed by atoms with Gasteiger partial charge in [0.2, 0.25) is 0 Å². The van der Waals surface area contributed by atoms with Crippen LogP contribution < -0.4 is 5.32 Å². The van der Waals surface area contributed by atoms with Crippen molar-refractivity contribution in [3.05, 3.63) is 36.0 Å². The molecule has 1 aromatic heterocycles. The quantitative estimate of drug-likeness (QED) is 0.794. The first-order chi connectivity index (χ1) is 9.99. The average molecular weight is 300 g/mol. The first-order valence-electron chi connectivity index (χ1n) is 6.84. The highest BCUT2D eigenvalue weighted by molar-refractivity contribution is 5.80. The largest absolute Gasteiger partial charge is 0.390 e. The van der Waals surface area contributed by atoms with Crippen LogP contribution in [0.15, 0.2) is 30.5 Å². The van der Waals surface area contributed by atoms with E-state index >= 15 is 0 Å². The zero-order valence-electron chi connectivity index (χ0n) is 11.9. The summed E-state index contributed by atoms with van der Waals surface area (Å²) >= 11 is 0. The lowest BCUT2D eigenvalue weighted by Crippen LogP contribution is -2.18. The summed E-state index contributed by atoms with van der Waals surface area (Å²) in [6.07, 6.45) is -3.22. The number of aryl methyl sites for hydroxylation is 1. The fourth-order valence-electron chi connectivity index (χ4n) is 2.21. The molecule has 0 amide bonds. The Labute approximate surface area is 121 Å². The Kier molecular flexibility index (Phi) is 5.25. The summed E-state index contributed by atoms with van der Waals surface area (Å²) in [6.45, 7) is 2.09. The number of rotatable bonds is 7. The van der Waals surface area contributed by atoms with Gasteiger partial charge in [0, 0.05) is 38.5 Å². The van der Waals surface area contributed by atoms with Gasteiger partial charge < -0.3 is 14.6 Å². The molecule has 2 rings (SSSR count). The van der Waals surface area contributed by atoms with Gasteiger partial charge in [0.15, 0.2) is 0 Å². The van der Waals surface area contributed by atoms with E-state index in [2.05, 4.69) is 5.32 Å². The molecule has 0 atom stereocenters. The molecule has 21 heavy (non-hydrogen) atoms. The molecule has 0 radical (unpaired) electrons. The second kappa shape index (κ2) is 6.95. The monoisotopic (exact) mass is 300 g/mol. The van der Waals surface area contributed by atoms with Gasteiger partial charge in [-0.3, -0.25) is 0 Å². The van der Waals surface area contributed by atoms with Crippen LogP contribution in [0.5, 0.6) is 0 Å². The molecule has 2 aromatic rings. The maximum Gasteiger partial charge on any atom is 0.390 e. The fraction of sp³-hybridized carbons (Fsp3) is 0.467. The summed E-state index contributed by atoms with van der Waals surface area (Å²) < 4.78 is 43.4. The summed E-state index contributed by atoms with van der Waals surface area (Å²) in [7, 11) is 1.65. The van der Waals surface area contributed by atoms with Gasteiger partial charge in [0.1, 0.15) is 0 Å². The van der Waals surface area contributed by atoms with Gasteiger partial charge in [-0.25, -0.2) is 0 Å². The van der Waals surface area contributed by atoms with Gasteiger partial charge >= 0.3 is 6.18 Å². The van der Waals surface area contributed by atoms with Crippen molar-refractivity contribution < 1.29 is 17.9 Å². The lowest BCUT2D eigenvalue weighted by Gasteiger charge is -2.09. The van der Waals surface area contributed by atoms with Gasteiger partial charge in [-0.1, -0.05) is 6.07 Å². The van der Waals surface area contributed by atoms with Crippen LogP contribution in [0.1, 0.15) is 12.0 Å². The highest BCUT2D eigenvalue weighted by Crippen LogP contribution is 2.23. The molecule has 0 saturated heterocycles. The Morgan fingerprint density at radius 1 is 1.24 bits per heavy atom. The lowest BCUT2D eigenvalue weighted by molar-refractivity contribution is -0.136. The number of nitrogens with zero attached hydrogens (tertiary/aromatic N) is 1. The molecule has 6 heteroatoms. The summed E-state index contributed by atoms with van der Waals surface area (Å²) in [5.74, 6) is 0. The normalized spacial score (nSPS) is 12.2. The number of alkyl halides is 3. The third-order valence-corrected chi connectivity index (χ3v) is 3.28. The van der Waals surface area contributed by atoms with Crippen LogP contribution >= 0.6 is 0 Å². The van der Waals surface area contributed by atoms with Crippen LogP contribution in [0.3, 0.4) is 0 Å². The molecule has 0 aliphatic rings. The van der Waals surface area contributed by atoms with E-state index in [0.29, 0.717) is 13.2 Å². The Balaban J connectivity index is 2.01. The molecule has 1 aromatic carbocycles. The number of hydrogen-bond donors (Lipinski definition) is 1. The van der Waals surface area contributed by atoms with Gasteiger partial charge in [-0.15, -0.1) is 0 Å². The van der Waals surface area contributed by atoms with E-state index in [9.17, 15) is 13.2 Å². The van der Waals surface area contributed by atoms with E-state index in [0.717, 1.165) is 23.0 Å². The van der Waals surface area contributed by atoms with E-state index in [1.165, 1.54) is 0 Å². The molecule has 116 valence electrons. The molecule has 3 nitrogen and oxygen atoms in total. The highest BCUT2D eigenvalue weighted by atomic mass is 19.4. The van der Waals surface area contributed by atoms with Crippen molar-refractivity contribution in [3.8, 4) is 0 Å². The predicted octanol–water partition coefficient (Wildman–Crippen LogP) is 3.33. The zero-order chi connectivity index (χ0) is 15.3. The number of hydrogen-bond acceptors (Lipinski definition) is 2. The van der Waals surface area contributed by atoms with E-state index in [4.69, 9.17) is 4.74 Å². The molecule has 0 saturated carbocycles. The molecule has 1 heterocycles. The summed E-state index contributed by atoms with van der Waals surface area (Å²) in [5.41, 5.74) is 1.94. The standard InChI is InChI=1S/C15H19F3N2O/c1-21-9-6-19-11-12-2-3-14-13(10-12)4-7-20(14)8-5-15(16,17)18/h2-4,7,10,19H,5-6,8-9,11H2,1H3. The summed E-state index contributed by atoms with van der Waals surface area (Å²) in [4.78, 5) is 0. The van der Waals surface area contributed by atoms with Crippen LogP contribution in [-0.4, -0.2) is 31.0 Å². The minimum Gasteiger partial charge on any atom is -0.383 e. The minimum atomic E-state index is -4.12. The first kappa shape index (κ1) is 15.9.